The Kier molecular flexibility index (Phi) is 8.87. The van der Waals surface area contributed by atoms with Gasteiger partial charge in [-0.05, 0) is 52.0 Å². The molecule has 1 aromatic heterocycles. The lowest BCUT2D eigenvalue weighted by Crippen LogP contribution is -2.42. The van der Waals surface area contributed by atoms with Crippen LogP contribution in [0.15, 0.2) is 4.99 Å². The van der Waals surface area contributed by atoms with Crippen LogP contribution in [0, 0.1) is 19.8 Å². The molecule has 0 aliphatic heterocycles. The van der Waals surface area contributed by atoms with Crippen molar-refractivity contribution in [3.05, 3.63) is 17.0 Å². The van der Waals surface area contributed by atoms with E-state index in [9.17, 15) is 0 Å². The van der Waals surface area contributed by atoms with E-state index < -0.39 is 0 Å². The van der Waals surface area contributed by atoms with E-state index in [2.05, 4.69) is 57.3 Å². The van der Waals surface area contributed by atoms with Gasteiger partial charge >= 0.3 is 0 Å². The Morgan fingerprint density at radius 3 is 2.46 bits per heavy atom. The fraction of sp³-hybridized carbons (Fsp3) is 0.789. The molecule has 5 heteroatoms. The Balaban J connectivity index is 2.52. The molecule has 0 aliphatic carbocycles. The molecule has 24 heavy (non-hydrogen) atoms. The van der Waals surface area contributed by atoms with E-state index in [1.807, 2.05) is 11.7 Å². The summed E-state index contributed by atoms with van der Waals surface area (Å²) in [5, 5.41) is 11.4. The molecule has 0 saturated carbocycles. The number of rotatable bonds is 9. The number of hydrogen-bond acceptors (Lipinski definition) is 2. The smallest absolute Gasteiger partial charge is 0.191 e. The van der Waals surface area contributed by atoms with Gasteiger partial charge in [-0.15, -0.1) is 0 Å². The fourth-order valence-electron chi connectivity index (χ4n) is 2.92. The Bertz CT molecular complexity index is 516. The van der Waals surface area contributed by atoms with Gasteiger partial charge in [0.2, 0.25) is 0 Å². The molecular formula is C19H37N5. The summed E-state index contributed by atoms with van der Waals surface area (Å²) in [6.45, 7) is 14.8. The highest BCUT2D eigenvalue weighted by molar-refractivity contribution is 5.80. The van der Waals surface area contributed by atoms with Crippen LogP contribution in [0.3, 0.4) is 0 Å². The van der Waals surface area contributed by atoms with E-state index in [4.69, 9.17) is 4.99 Å². The summed E-state index contributed by atoms with van der Waals surface area (Å²) in [5.41, 5.74) is 3.68. The molecule has 0 radical (unpaired) electrons. The van der Waals surface area contributed by atoms with Gasteiger partial charge in [-0.3, -0.25) is 9.67 Å². The lowest BCUT2D eigenvalue weighted by Gasteiger charge is -2.18. The van der Waals surface area contributed by atoms with Gasteiger partial charge in [0.1, 0.15) is 0 Å². The SMILES string of the molecule is CCNC(=NCCc1c(C)nn(C)c1C)NC(C)CCCC(C)C. The van der Waals surface area contributed by atoms with Crippen LogP contribution in [0.1, 0.15) is 63.9 Å². The summed E-state index contributed by atoms with van der Waals surface area (Å²) in [7, 11) is 2.00. The first-order chi connectivity index (χ1) is 11.3. The molecule has 1 heterocycles. The predicted molar refractivity (Wildman–Crippen MR) is 104 cm³/mol. The van der Waals surface area contributed by atoms with Crippen LogP contribution in [0.2, 0.25) is 0 Å². The first-order valence-corrected chi connectivity index (χ1v) is 9.39. The second kappa shape index (κ2) is 10.4. The quantitative estimate of drug-likeness (QED) is 0.537. The Morgan fingerprint density at radius 1 is 1.21 bits per heavy atom. The lowest BCUT2D eigenvalue weighted by molar-refractivity contribution is 0.491. The number of nitrogens with one attached hydrogen (secondary N) is 2. The van der Waals surface area contributed by atoms with Gasteiger partial charge in [0.25, 0.3) is 0 Å². The van der Waals surface area contributed by atoms with Crippen molar-refractivity contribution in [3.63, 3.8) is 0 Å². The average Bonchev–Trinajstić information content (AvgIpc) is 2.73. The van der Waals surface area contributed by atoms with Crippen molar-refractivity contribution >= 4 is 5.96 Å². The maximum absolute atomic E-state index is 4.74. The highest BCUT2D eigenvalue weighted by atomic mass is 15.3. The number of aryl methyl sites for hydroxylation is 2. The minimum Gasteiger partial charge on any atom is -0.357 e. The van der Waals surface area contributed by atoms with E-state index in [-0.39, 0.29) is 0 Å². The van der Waals surface area contributed by atoms with Gasteiger partial charge < -0.3 is 10.6 Å². The molecule has 0 saturated heterocycles. The Morgan fingerprint density at radius 2 is 1.92 bits per heavy atom. The summed E-state index contributed by atoms with van der Waals surface area (Å²) in [6, 6.07) is 0.448. The largest absolute Gasteiger partial charge is 0.357 e. The van der Waals surface area contributed by atoms with Crippen molar-refractivity contribution in [1.82, 2.24) is 20.4 Å². The summed E-state index contributed by atoms with van der Waals surface area (Å²) in [4.78, 5) is 4.74. The van der Waals surface area contributed by atoms with E-state index in [0.717, 1.165) is 37.1 Å². The molecule has 0 aromatic carbocycles. The molecule has 1 rings (SSSR count). The van der Waals surface area contributed by atoms with Gasteiger partial charge in [-0.1, -0.05) is 26.7 Å². The van der Waals surface area contributed by atoms with Crippen molar-refractivity contribution < 1.29 is 0 Å². The first-order valence-electron chi connectivity index (χ1n) is 9.39. The number of nitrogens with zero attached hydrogens (tertiary/aromatic N) is 3. The predicted octanol–water partition coefficient (Wildman–Crippen LogP) is 3.35. The molecule has 2 N–H and O–H groups in total. The molecule has 0 aliphatic rings. The van der Waals surface area contributed by atoms with Gasteiger partial charge in [-0.25, -0.2) is 0 Å². The van der Waals surface area contributed by atoms with Crippen molar-refractivity contribution in [2.24, 2.45) is 18.0 Å². The molecule has 1 unspecified atom stereocenters. The van der Waals surface area contributed by atoms with Crippen LogP contribution < -0.4 is 10.6 Å². The van der Waals surface area contributed by atoms with Crippen LogP contribution in [-0.2, 0) is 13.5 Å². The third kappa shape index (κ3) is 6.93. The Hall–Kier alpha value is -1.52. The van der Waals surface area contributed by atoms with Gasteiger partial charge in [0.15, 0.2) is 5.96 Å². The maximum Gasteiger partial charge on any atom is 0.191 e. The standard InChI is InChI=1S/C19H37N5/c1-8-20-19(22-15(4)11-9-10-14(2)3)21-13-12-18-16(5)23-24(7)17(18)6/h14-15H,8-13H2,1-7H3,(H2,20,21,22). The van der Waals surface area contributed by atoms with Crippen molar-refractivity contribution in [2.45, 2.75) is 73.3 Å². The molecule has 138 valence electrons. The summed E-state index contributed by atoms with van der Waals surface area (Å²) >= 11 is 0. The van der Waals surface area contributed by atoms with Crippen LogP contribution >= 0.6 is 0 Å². The molecule has 1 atom stereocenters. The van der Waals surface area contributed by atoms with Crippen molar-refractivity contribution in [1.29, 1.82) is 0 Å². The normalized spacial score (nSPS) is 13.4. The molecule has 0 amide bonds. The van der Waals surface area contributed by atoms with Gasteiger partial charge in [-0.2, -0.15) is 5.10 Å². The minimum absolute atomic E-state index is 0.448. The Labute approximate surface area is 148 Å². The zero-order chi connectivity index (χ0) is 18.1. The van der Waals surface area contributed by atoms with E-state index in [1.165, 1.54) is 30.5 Å². The zero-order valence-corrected chi connectivity index (χ0v) is 16.7. The highest BCUT2D eigenvalue weighted by Crippen LogP contribution is 2.12. The molecule has 0 bridgehead atoms. The van der Waals surface area contributed by atoms with Crippen LogP contribution in [0.4, 0.5) is 0 Å². The fourth-order valence-corrected chi connectivity index (χ4v) is 2.92. The van der Waals surface area contributed by atoms with Crippen molar-refractivity contribution in [2.75, 3.05) is 13.1 Å². The number of guanidine groups is 1. The zero-order valence-electron chi connectivity index (χ0n) is 16.7. The average molecular weight is 336 g/mol. The number of hydrogen-bond donors (Lipinski definition) is 2. The van der Waals surface area contributed by atoms with Crippen LogP contribution in [0.25, 0.3) is 0 Å². The van der Waals surface area contributed by atoms with E-state index in [1.54, 1.807) is 0 Å². The first kappa shape index (κ1) is 20.5. The van der Waals surface area contributed by atoms with Crippen LogP contribution in [-0.4, -0.2) is 34.9 Å². The van der Waals surface area contributed by atoms with E-state index >= 15 is 0 Å². The third-order valence-electron chi connectivity index (χ3n) is 4.44. The molecule has 5 nitrogen and oxygen atoms in total. The van der Waals surface area contributed by atoms with Crippen molar-refractivity contribution in [3.8, 4) is 0 Å². The lowest BCUT2D eigenvalue weighted by atomic mass is 10.0. The summed E-state index contributed by atoms with van der Waals surface area (Å²) in [5.74, 6) is 1.71. The summed E-state index contributed by atoms with van der Waals surface area (Å²) < 4.78 is 1.95. The number of aliphatic imine (C=N–C) groups is 1. The van der Waals surface area contributed by atoms with E-state index in [0.29, 0.717) is 6.04 Å². The van der Waals surface area contributed by atoms with Gasteiger partial charge in [0, 0.05) is 31.9 Å². The highest BCUT2D eigenvalue weighted by Gasteiger charge is 2.09. The number of aromatic nitrogens is 2. The molecular weight excluding hydrogens is 298 g/mol. The van der Waals surface area contributed by atoms with Gasteiger partial charge in [0.05, 0.1) is 5.69 Å². The summed E-state index contributed by atoms with van der Waals surface area (Å²) in [6.07, 6.45) is 4.67. The third-order valence-corrected chi connectivity index (χ3v) is 4.44. The maximum atomic E-state index is 4.74. The molecule has 0 spiro atoms. The topological polar surface area (TPSA) is 54.2 Å². The van der Waals surface area contributed by atoms with Crippen LogP contribution in [0.5, 0.6) is 0 Å². The molecule has 1 aromatic rings. The minimum atomic E-state index is 0.448. The monoisotopic (exact) mass is 335 g/mol. The second-order valence-corrected chi connectivity index (χ2v) is 7.15. The molecule has 0 fully saturated rings. The second-order valence-electron chi connectivity index (χ2n) is 7.15.